The molecule has 4 nitrogen and oxygen atoms in total. The summed E-state index contributed by atoms with van der Waals surface area (Å²) in [6, 6.07) is 10.3. The molecule has 0 radical (unpaired) electrons. The third-order valence-corrected chi connectivity index (χ3v) is 4.42. The van der Waals surface area contributed by atoms with Gasteiger partial charge in [-0.3, -0.25) is 4.79 Å². The van der Waals surface area contributed by atoms with E-state index in [9.17, 15) is 10.1 Å². The SMILES string of the molecule is CC(C)CC(=O)NC(=S)Nc1ccc(C2(C#N)CCCC2)cc1. The Labute approximate surface area is 143 Å². The van der Waals surface area contributed by atoms with Gasteiger partial charge < -0.3 is 10.6 Å². The molecule has 2 rings (SSSR count). The number of thiocarbonyl (C=S) groups is 1. The molecule has 0 saturated heterocycles. The van der Waals surface area contributed by atoms with Gasteiger partial charge in [-0.2, -0.15) is 5.26 Å². The summed E-state index contributed by atoms with van der Waals surface area (Å²) < 4.78 is 0. The minimum Gasteiger partial charge on any atom is -0.332 e. The molecule has 1 amide bonds. The van der Waals surface area contributed by atoms with Gasteiger partial charge in [0.15, 0.2) is 5.11 Å². The zero-order chi connectivity index (χ0) is 16.9. The molecule has 0 unspecified atom stereocenters. The van der Waals surface area contributed by atoms with Gasteiger partial charge in [0, 0.05) is 12.1 Å². The number of nitrogens with zero attached hydrogens (tertiary/aromatic N) is 1. The Hall–Kier alpha value is -1.93. The molecule has 1 saturated carbocycles. The molecule has 1 aromatic carbocycles. The number of anilines is 1. The minimum atomic E-state index is -0.329. The van der Waals surface area contributed by atoms with Crippen LogP contribution in [-0.2, 0) is 10.2 Å². The van der Waals surface area contributed by atoms with Gasteiger partial charge in [0.25, 0.3) is 0 Å². The van der Waals surface area contributed by atoms with E-state index in [2.05, 4.69) is 16.7 Å². The summed E-state index contributed by atoms with van der Waals surface area (Å²) in [4.78, 5) is 11.7. The van der Waals surface area contributed by atoms with Crippen molar-refractivity contribution in [2.24, 2.45) is 5.92 Å². The Kier molecular flexibility index (Phi) is 5.73. The molecule has 0 aliphatic heterocycles. The average Bonchev–Trinajstić information content (AvgIpc) is 2.97. The van der Waals surface area contributed by atoms with Crippen LogP contribution in [0.3, 0.4) is 0 Å². The lowest BCUT2D eigenvalue weighted by atomic mass is 9.80. The maximum Gasteiger partial charge on any atom is 0.226 e. The largest absolute Gasteiger partial charge is 0.332 e. The van der Waals surface area contributed by atoms with Crippen molar-refractivity contribution in [3.05, 3.63) is 29.8 Å². The lowest BCUT2D eigenvalue weighted by Crippen LogP contribution is -2.34. The number of hydrogen-bond donors (Lipinski definition) is 2. The number of carbonyl (C=O) groups excluding carboxylic acids is 1. The monoisotopic (exact) mass is 329 g/mol. The number of carbonyl (C=O) groups is 1. The Morgan fingerprint density at radius 3 is 2.43 bits per heavy atom. The van der Waals surface area contributed by atoms with Crippen LogP contribution in [0.2, 0.25) is 0 Å². The van der Waals surface area contributed by atoms with Crippen molar-refractivity contribution in [3.63, 3.8) is 0 Å². The van der Waals surface area contributed by atoms with E-state index in [1.807, 2.05) is 38.1 Å². The summed E-state index contributed by atoms with van der Waals surface area (Å²) in [5.41, 5.74) is 1.55. The van der Waals surface area contributed by atoms with Crippen LogP contribution in [0, 0.1) is 17.2 Å². The second-order valence-electron chi connectivity index (χ2n) is 6.58. The van der Waals surface area contributed by atoms with Crippen LogP contribution in [0.4, 0.5) is 5.69 Å². The van der Waals surface area contributed by atoms with Gasteiger partial charge in [-0.1, -0.05) is 38.8 Å². The molecular weight excluding hydrogens is 306 g/mol. The van der Waals surface area contributed by atoms with Gasteiger partial charge in [0.05, 0.1) is 11.5 Å². The first-order valence-electron chi connectivity index (χ1n) is 8.08. The van der Waals surface area contributed by atoms with Gasteiger partial charge in [-0.25, -0.2) is 0 Å². The molecule has 1 fully saturated rings. The summed E-state index contributed by atoms with van der Waals surface area (Å²) in [6.07, 6.45) is 4.53. The molecule has 1 aromatic rings. The number of rotatable bonds is 4. The smallest absolute Gasteiger partial charge is 0.226 e. The molecule has 23 heavy (non-hydrogen) atoms. The first kappa shape index (κ1) is 17.4. The molecule has 1 aliphatic rings. The van der Waals surface area contributed by atoms with E-state index in [0.29, 0.717) is 17.5 Å². The van der Waals surface area contributed by atoms with Gasteiger partial charge in [-0.05, 0) is 48.7 Å². The maximum atomic E-state index is 11.7. The fourth-order valence-electron chi connectivity index (χ4n) is 3.03. The topological polar surface area (TPSA) is 64.9 Å². The lowest BCUT2D eigenvalue weighted by molar-refractivity contribution is -0.120. The third-order valence-electron chi connectivity index (χ3n) is 4.21. The van der Waals surface area contributed by atoms with Crippen molar-refractivity contribution in [3.8, 4) is 6.07 Å². The van der Waals surface area contributed by atoms with E-state index < -0.39 is 0 Å². The summed E-state index contributed by atoms with van der Waals surface area (Å²) in [7, 11) is 0. The van der Waals surface area contributed by atoms with Crippen molar-refractivity contribution >= 4 is 28.9 Å². The fourth-order valence-corrected chi connectivity index (χ4v) is 3.26. The minimum absolute atomic E-state index is 0.0801. The van der Waals surface area contributed by atoms with Crippen LogP contribution in [0.25, 0.3) is 0 Å². The zero-order valence-electron chi connectivity index (χ0n) is 13.7. The third kappa shape index (κ3) is 4.52. The van der Waals surface area contributed by atoms with Gasteiger partial charge >= 0.3 is 0 Å². The Bertz CT molecular complexity index is 610. The number of benzene rings is 1. The standard InChI is InChI=1S/C18H23N3OS/c1-13(2)11-16(22)21-17(23)20-15-7-5-14(6-8-15)18(12-19)9-3-4-10-18/h5-8,13H,3-4,9-11H2,1-2H3,(H2,20,21,22,23). The van der Waals surface area contributed by atoms with E-state index in [0.717, 1.165) is 36.9 Å². The fraction of sp³-hybridized carbons (Fsp3) is 0.500. The summed E-state index contributed by atoms with van der Waals surface area (Å²) in [5, 5.41) is 15.5. The van der Waals surface area contributed by atoms with Gasteiger partial charge in [0.1, 0.15) is 0 Å². The van der Waals surface area contributed by atoms with Crippen molar-refractivity contribution in [1.29, 1.82) is 5.26 Å². The molecule has 0 heterocycles. The normalized spacial score (nSPS) is 15.9. The highest BCUT2D eigenvalue weighted by molar-refractivity contribution is 7.80. The highest BCUT2D eigenvalue weighted by Gasteiger charge is 2.35. The van der Waals surface area contributed by atoms with Crippen molar-refractivity contribution in [1.82, 2.24) is 5.32 Å². The number of nitrogens with one attached hydrogen (secondary N) is 2. The molecule has 0 spiro atoms. The molecule has 0 bridgehead atoms. The van der Waals surface area contributed by atoms with E-state index in [4.69, 9.17) is 12.2 Å². The van der Waals surface area contributed by atoms with Crippen LogP contribution in [-0.4, -0.2) is 11.0 Å². The van der Waals surface area contributed by atoms with E-state index in [1.54, 1.807) is 0 Å². The summed E-state index contributed by atoms with van der Waals surface area (Å²) >= 11 is 5.15. The van der Waals surface area contributed by atoms with Crippen LogP contribution >= 0.6 is 12.2 Å². The van der Waals surface area contributed by atoms with Crippen LogP contribution in [0.1, 0.15) is 51.5 Å². The molecule has 2 N–H and O–H groups in total. The molecular formula is C18H23N3OS. The summed E-state index contributed by atoms with van der Waals surface area (Å²) in [6.45, 7) is 3.98. The maximum absolute atomic E-state index is 11.7. The van der Waals surface area contributed by atoms with Crippen molar-refractivity contribution in [2.45, 2.75) is 51.4 Å². The Morgan fingerprint density at radius 1 is 1.30 bits per heavy atom. The van der Waals surface area contributed by atoms with Crippen LogP contribution < -0.4 is 10.6 Å². The molecule has 0 atom stereocenters. The second kappa shape index (κ2) is 7.56. The predicted octanol–water partition coefficient (Wildman–Crippen LogP) is 3.88. The zero-order valence-corrected chi connectivity index (χ0v) is 14.5. The molecule has 0 aromatic heterocycles. The number of hydrogen-bond acceptors (Lipinski definition) is 3. The van der Waals surface area contributed by atoms with E-state index in [1.165, 1.54) is 0 Å². The highest BCUT2D eigenvalue weighted by Crippen LogP contribution is 2.40. The molecule has 5 heteroatoms. The van der Waals surface area contributed by atoms with Crippen LogP contribution in [0.15, 0.2) is 24.3 Å². The van der Waals surface area contributed by atoms with Gasteiger partial charge in [-0.15, -0.1) is 0 Å². The number of nitriles is 1. The van der Waals surface area contributed by atoms with Gasteiger partial charge in [0.2, 0.25) is 5.91 Å². The number of amides is 1. The summed E-state index contributed by atoms with van der Waals surface area (Å²) in [5.74, 6) is 0.217. The van der Waals surface area contributed by atoms with Crippen LogP contribution in [0.5, 0.6) is 0 Å². The predicted molar refractivity (Wildman–Crippen MR) is 96.0 cm³/mol. The van der Waals surface area contributed by atoms with Crippen molar-refractivity contribution < 1.29 is 4.79 Å². The highest BCUT2D eigenvalue weighted by atomic mass is 32.1. The van der Waals surface area contributed by atoms with Crippen molar-refractivity contribution in [2.75, 3.05) is 5.32 Å². The molecule has 122 valence electrons. The van der Waals surface area contributed by atoms with E-state index >= 15 is 0 Å². The first-order chi connectivity index (χ1) is 10.9. The molecule has 1 aliphatic carbocycles. The quantitative estimate of drug-likeness (QED) is 0.823. The lowest BCUT2D eigenvalue weighted by Gasteiger charge is -2.21. The average molecular weight is 329 g/mol. The first-order valence-corrected chi connectivity index (χ1v) is 8.49. The Balaban J connectivity index is 1.96. The van der Waals surface area contributed by atoms with E-state index in [-0.39, 0.29) is 11.3 Å². The second-order valence-corrected chi connectivity index (χ2v) is 6.99. The Morgan fingerprint density at radius 2 is 1.91 bits per heavy atom.